The molecule has 0 atom stereocenters. The Morgan fingerprint density at radius 2 is 2.12 bits per heavy atom. The van der Waals surface area contributed by atoms with Crippen LogP contribution in [-0.2, 0) is 11.2 Å². The first-order chi connectivity index (χ1) is 11.8. The van der Waals surface area contributed by atoms with Crippen molar-refractivity contribution < 1.29 is 4.79 Å². The Labute approximate surface area is 146 Å². The Morgan fingerprint density at radius 3 is 2.83 bits per heavy atom. The first-order valence-corrected chi connectivity index (χ1v) is 9.05. The van der Waals surface area contributed by atoms with Gasteiger partial charge >= 0.3 is 0 Å². The molecule has 0 N–H and O–H groups in total. The molecule has 0 unspecified atom stereocenters. The minimum Gasteiger partial charge on any atom is -0.353 e. The molecule has 6 heteroatoms. The summed E-state index contributed by atoms with van der Waals surface area (Å²) in [6, 6.07) is 9.82. The second-order valence-electron chi connectivity index (χ2n) is 5.82. The van der Waals surface area contributed by atoms with Crippen molar-refractivity contribution in [3.05, 3.63) is 46.3 Å². The van der Waals surface area contributed by atoms with Gasteiger partial charge in [-0.25, -0.2) is 4.98 Å². The number of rotatable bonds is 5. The number of aryl methyl sites for hydroxylation is 1. The molecule has 1 saturated heterocycles. The van der Waals surface area contributed by atoms with Gasteiger partial charge in [-0.05, 0) is 36.4 Å². The summed E-state index contributed by atoms with van der Waals surface area (Å²) in [6.45, 7) is 2.96. The zero-order valence-electron chi connectivity index (χ0n) is 13.5. The standard InChI is InChI=1S/C18H20N4OS/c19-14-15-6-7-20-17(13-15)21-8-10-22(11-9-21)18(23)5-1-3-16-4-2-12-24-16/h2,4,6-7,12-13H,1,3,5,8-11H2. The fourth-order valence-electron chi connectivity index (χ4n) is 2.87. The number of carbonyl (C=O) groups excluding carboxylic acids is 1. The highest BCUT2D eigenvalue weighted by atomic mass is 32.1. The van der Waals surface area contributed by atoms with Crippen LogP contribution in [0.5, 0.6) is 0 Å². The molecule has 2 aromatic heterocycles. The molecule has 124 valence electrons. The fourth-order valence-corrected chi connectivity index (χ4v) is 3.62. The van der Waals surface area contributed by atoms with E-state index in [4.69, 9.17) is 5.26 Å². The molecular formula is C18H20N4OS. The maximum atomic E-state index is 12.3. The van der Waals surface area contributed by atoms with Gasteiger partial charge in [0.2, 0.25) is 5.91 Å². The minimum atomic E-state index is 0.241. The molecule has 1 amide bonds. The van der Waals surface area contributed by atoms with Gasteiger partial charge < -0.3 is 9.80 Å². The van der Waals surface area contributed by atoms with Crippen molar-refractivity contribution in [1.29, 1.82) is 5.26 Å². The van der Waals surface area contributed by atoms with Crippen molar-refractivity contribution in [2.75, 3.05) is 31.1 Å². The van der Waals surface area contributed by atoms with E-state index in [0.717, 1.165) is 44.8 Å². The Kier molecular flexibility index (Phi) is 5.44. The monoisotopic (exact) mass is 340 g/mol. The van der Waals surface area contributed by atoms with Crippen molar-refractivity contribution in [1.82, 2.24) is 9.88 Å². The zero-order valence-corrected chi connectivity index (χ0v) is 14.3. The molecule has 0 bridgehead atoms. The topological polar surface area (TPSA) is 60.2 Å². The Bertz CT molecular complexity index is 715. The first-order valence-electron chi connectivity index (χ1n) is 8.17. The van der Waals surface area contributed by atoms with E-state index in [9.17, 15) is 4.79 Å². The lowest BCUT2D eigenvalue weighted by molar-refractivity contribution is -0.131. The highest BCUT2D eigenvalue weighted by Gasteiger charge is 2.21. The number of thiophene rings is 1. The summed E-state index contributed by atoms with van der Waals surface area (Å²) in [5, 5.41) is 11.1. The second kappa shape index (κ2) is 7.93. The van der Waals surface area contributed by atoms with Gasteiger partial charge in [0.05, 0.1) is 11.6 Å². The van der Waals surface area contributed by atoms with E-state index in [1.165, 1.54) is 4.88 Å². The van der Waals surface area contributed by atoms with Crippen LogP contribution in [0.4, 0.5) is 5.82 Å². The summed E-state index contributed by atoms with van der Waals surface area (Å²) in [4.78, 5) is 22.1. The number of hydrogen-bond acceptors (Lipinski definition) is 5. The van der Waals surface area contributed by atoms with Gasteiger partial charge in [0.15, 0.2) is 0 Å². The lowest BCUT2D eigenvalue weighted by Gasteiger charge is -2.35. The van der Waals surface area contributed by atoms with E-state index >= 15 is 0 Å². The number of nitrogens with zero attached hydrogens (tertiary/aromatic N) is 4. The van der Waals surface area contributed by atoms with Crippen molar-refractivity contribution in [3.8, 4) is 6.07 Å². The van der Waals surface area contributed by atoms with Crippen LogP contribution in [0.2, 0.25) is 0 Å². The average molecular weight is 340 g/mol. The van der Waals surface area contributed by atoms with Gasteiger partial charge in [-0.1, -0.05) is 6.07 Å². The van der Waals surface area contributed by atoms with Gasteiger partial charge in [0, 0.05) is 43.7 Å². The number of amides is 1. The molecule has 1 aliphatic rings. The first kappa shape index (κ1) is 16.5. The minimum absolute atomic E-state index is 0.241. The molecule has 1 aliphatic heterocycles. The summed E-state index contributed by atoms with van der Waals surface area (Å²) in [7, 11) is 0. The highest BCUT2D eigenvalue weighted by Crippen LogP contribution is 2.16. The Hall–Kier alpha value is -2.39. The molecule has 0 radical (unpaired) electrons. The van der Waals surface area contributed by atoms with E-state index in [0.29, 0.717) is 12.0 Å². The molecule has 24 heavy (non-hydrogen) atoms. The van der Waals surface area contributed by atoms with Crippen LogP contribution in [0.15, 0.2) is 35.8 Å². The number of piperazine rings is 1. The van der Waals surface area contributed by atoms with Crippen LogP contribution < -0.4 is 4.90 Å². The third-order valence-corrected chi connectivity index (χ3v) is 5.16. The lowest BCUT2D eigenvalue weighted by Crippen LogP contribution is -2.49. The van der Waals surface area contributed by atoms with Gasteiger partial charge in [-0.3, -0.25) is 4.79 Å². The molecule has 0 aromatic carbocycles. The fraction of sp³-hybridized carbons (Fsp3) is 0.389. The normalized spacial score (nSPS) is 14.5. The summed E-state index contributed by atoms with van der Waals surface area (Å²) in [5.74, 6) is 1.06. The van der Waals surface area contributed by atoms with Crippen LogP contribution in [0.25, 0.3) is 0 Å². The average Bonchev–Trinajstić information content (AvgIpc) is 3.15. The number of nitriles is 1. The predicted octanol–water partition coefficient (Wildman–Crippen LogP) is 2.69. The number of anilines is 1. The van der Waals surface area contributed by atoms with Crippen LogP contribution in [0.3, 0.4) is 0 Å². The molecule has 0 saturated carbocycles. The van der Waals surface area contributed by atoms with Crippen LogP contribution in [0, 0.1) is 11.3 Å². The molecular weight excluding hydrogens is 320 g/mol. The van der Waals surface area contributed by atoms with E-state index in [1.54, 1.807) is 29.7 Å². The van der Waals surface area contributed by atoms with Crippen LogP contribution in [-0.4, -0.2) is 42.0 Å². The number of carbonyl (C=O) groups is 1. The summed E-state index contributed by atoms with van der Waals surface area (Å²) >= 11 is 1.75. The molecule has 1 fully saturated rings. The lowest BCUT2D eigenvalue weighted by atomic mass is 10.2. The molecule has 3 heterocycles. The quantitative estimate of drug-likeness (QED) is 0.840. The van der Waals surface area contributed by atoms with E-state index in [2.05, 4.69) is 33.5 Å². The predicted molar refractivity (Wildman–Crippen MR) is 95.0 cm³/mol. The van der Waals surface area contributed by atoms with Gasteiger partial charge in [0.1, 0.15) is 5.82 Å². The highest BCUT2D eigenvalue weighted by molar-refractivity contribution is 7.09. The van der Waals surface area contributed by atoms with Crippen molar-refractivity contribution >= 4 is 23.1 Å². The molecule has 5 nitrogen and oxygen atoms in total. The Balaban J connectivity index is 1.45. The second-order valence-corrected chi connectivity index (χ2v) is 6.85. The van der Waals surface area contributed by atoms with E-state index in [1.807, 2.05) is 4.90 Å². The van der Waals surface area contributed by atoms with Gasteiger partial charge in [-0.15, -0.1) is 11.3 Å². The maximum absolute atomic E-state index is 12.3. The molecule has 0 spiro atoms. The molecule has 0 aliphatic carbocycles. The Morgan fingerprint density at radius 1 is 1.29 bits per heavy atom. The third-order valence-electron chi connectivity index (χ3n) is 4.22. The van der Waals surface area contributed by atoms with Crippen LogP contribution in [0.1, 0.15) is 23.3 Å². The largest absolute Gasteiger partial charge is 0.353 e. The number of aromatic nitrogens is 1. The van der Waals surface area contributed by atoms with Crippen LogP contribution >= 0.6 is 11.3 Å². The summed E-state index contributed by atoms with van der Waals surface area (Å²) in [6.07, 6.45) is 4.16. The summed E-state index contributed by atoms with van der Waals surface area (Å²) < 4.78 is 0. The maximum Gasteiger partial charge on any atom is 0.222 e. The smallest absolute Gasteiger partial charge is 0.222 e. The third kappa shape index (κ3) is 4.12. The summed E-state index contributed by atoms with van der Waals surface area (Å²) in [5.41, 5.74) is 0.618. The molecule has 3 rings (SSSR count). The number of pyridine rings is 1. The zero-order chi connectivity index (χ0) is 16.8. The van der Waals surface area contributed by atoms with Crippen molar-refractivity contribution in [2.24, 2.45) is 0 Å². The molecule has 2 aromatic rings. The van der Waals surface area contributed by atoms with E-state index < -0.39 is 0 Å². The van der Waals surface area contributed by atoms with E-state index in [-0.39, 0.29) is 5.91 Å². The van der Waals surface area contributed by atoms with Crippen molar-refractivity contribution in [2.45, 2.75) is 19.3 Å². The number of hydrogen-bond donors (Lipinski definition) is 0. The van der Waals surface area contributed by atoms with Gasteiger partial charge in [0.25, 0.3) is 0 Å². The SMILES string of the molecule is N#Cc1ccnc(N2CCN(C(=O)CCCc3cccs3)CC2)c1. The van der Waals surface area contributed by atoms with Gasteiger partial charge in [-0.2, -0.15) is 5.26 Å². The van der Waals surface area contributed by atoms with Crippen molar-refractivity contribution in [3.63, 3.8) is 0 Å².